The van der Waals surface area contributed by atoms with Crippen LogP contribution in [0.2, 0.25) is 0 Å². The van der Waals surface area contributed by atoms with Gasteiger partial charge in [0.15, 0.2) is 0 Å². The number of β-amino-alcohol motifs (C(OH)–C–C–N with tert-alkyl or cyclic N) is 1. The van der Waals surface area contributed by atoms with Crippen molar-refractivity contribution in [3.05, 3.63) is 0 Å². The minimum absolute atomic E-state index is 0.119. The van der Waals surface area contributed by atoms with Gasteiger partial charge in [-0.1, -0.05) is 19.3 Å². The van der Waals surface area contributed by atoms with Gasteiger partial charge in [-0.15, -0.1) is 0 Å². The van der Waals surface area contributed by atoms with Gasteiger partial charge in [-0.25, -0.2) is 0 Å². The number of hydrogen-bond donors (Lipinski definition) is 2. The normalized spacial score (nSPS) is 24.9. The number of rotatable bonds is 3. The molecular weight excluding hydrogens is 192 g/mol. The molecule has 1 saturated carbocycles. The lowest BCUT2D eigenvalue weighted by Gasteiger charge is -2.35. The number of hydrogen-bond acceptors (Lipinski definition) is 3. The first-order chi connectivity index (χ1) is 7.24. The van der Waals surface area contributed by atoms with Gasteiger partial charge in [-0.3, -0.25) is 9.69 Å². The molecule has 2 fully saturated rings. The number of amides is 1. The van der Waals surface area contributed by atoms with Gasteiger partial charge in [0, 0.05) is 19.1 Å². The molecule has 4 nitrogen and oxygen atoms in total. The third-order valence-corrected chi connectivity index (χ3v) is 3.28. The van der Waals surface area contributed by atoms with Crippen molar-refractivity contribution in [3.8, 4) is 0 Å². The lowest BCUT2D eigenvalue weighted by molar-refractivity contribution is -0.125. The molecule has 0 atom stereocenters. The molecule has 0 spiro atoms. The molecule has 0 aromatic rings. The van der Waals surface area contributed by atoms with Crippen LogP contribution in [0, 0.1) is 0 Å². The average molecular weight is 212 g/mol. The number of carbonyl (C=O) groups excluding carboxylic acids is 1. The van der Waals surface area contributed by atoms with Gasteiger partial charge >= 0.3 is 0 Å². The quantitative estimate of drug-likeness (QED) is 0.698. The second kappa shape index (κ2) is 4.94. The molecule has 2 aliphatic rings. The van der Waals surface area contributed by atoms with Crippen LogP contribution < -0.4 is 5.32 Å². The molecule has 2 rings (SSSR count). The maximum atomic E-state index is 11.6. The van der Waals surface area contributed by atoms with Crippen LogP contribution in [-0.2, 0) is 4.79 Å². The zero-order chi connectivity index (χ0) is 10.7. The second-order valence-electron chi connectivity index (χ2n) is 4.75. The average Bonchev–Trinajstić information content (AvgIpc) is 2.17. The molecule has 1 aliphatic carbocycles. The molecule has 0 bridgehead atoms. The molecule has 2 N–H and O–H groups in total. The Morgan fingerprint density at radius 3 is 2.53 bits per heavy atom. The Bertz CT molecular complexity index is 221. The van der Waals surface area contributed by atoms with Crippen LogP contribution in [0.3, 0.4) is 0 Å². The van der Waals surface area contributed by atoms with Gasteiger partial charge in [-0.05, 0) is 12.8 Å². The summed E-state index contributed by atoms with van der Waals surface area (Å²) in [5, 5.41) is 12.1. The van der Waals surface area contributed by atoms with Crippen LogP contribution in [0.1, 0.15) is 32.1 Å². The summed E-state index contributed by atoms with van der Waals surface area (Å²) in [6, 6.07) is 0.400. The number of aliphatic hydroxyl groups is 1. The van der Waals surface area contributed by atoms with E-state index in [1.54, 1.807) is 0 Å². The molecule has 1 aliphatic heterocycles. The summed E-state index contributed by atoms with van der Waals surface area (Å²) >= 11 is 0. The van der Waals surface area contributed by atoms with E-state index in [9.17, 15) is 4.79 Å². The summed E-state index contributed by atoms with van der Waals surface area (Å²) in [5.74, 6) is 0.119. The SMILES string of the molecule is O=C(CN1CC(O)C1)NC1CCCCC1. The standard InChI is InChI=1S/C11H20N2O2/c14-10-6-13(7-10)8-11(15)12-9-4-2-1-3-5-9/h9-10,14H,1-8H2,(H,12,15). The van der Waals surface area contributed by atoms with Gasteiger partial charge in [0.25, 0.3) is 0 Å². The highest BCUT2D eigenvalue weighted by Crippen LogP contribution is 2.17. The Morgan fingerprint density at radius 1 is 1.27 bits per heavy atom. The summed E-state index contributed by atoms with van der Waals surface area (Å²) in [4.78, 5) is 13.6. The molecule has 0 radical (unpaired) electrons. The third-order valence-electron chi connectivity index (χ3n) is 3.28. The van der Waals surface area contributed by atoms with E-state index in [1.165, 1.54) is 19.3 Å². The number of nitrogens with one attached hydrogen (secondary N) is 1. The molecule has 1 saturated heterocycles. The number of likely N-dealkylation sites (tertiary alicyclic amines) is 1. The zero-order valence-electron chi connectivity index (χ0n) is 9.11. The fourth-order valence-electron chi connectivity index (χ4n) is 2.40. The molecule has 0 aromatic carbocycles. The van der Waals surface area contributed by atoms with E-state index in [0.29, 0.717) is 25.7 Å². The van der Waals surface area contributed by atoms with Gasteiger partial charge < -0.3 is 10.4 Å². The number of nitrogens with zero attached hydrogens (tertiary/aromatic N) is 1. The predicted octanol–water partition coefficient (Wildman–Crippen LogP) is 0.112. The summed E-state index contributed by atoms with van der Waals surface area (Å²) in [6.07, 6.45) is 5.85. The van der Waals surface area contributed by atoms with E-state index in [2.05, 4.69) is 5.32 Å². The summed E-state index contributed by atoms with van der Waals surface area (Å²) in [6.45, 7) is 1.75. The molecule has 4 heteroatoms. The smallest absolute Gasteiger partial charge is 0.234 e. The van der Waals surface area contributed by atoms with Gasteiger partial charge in [-0.2, -0.15) is 0 Å². The first-order valence-electron chi connectivity index (χ1n) is 5.94. The summed E-state index contributed by atoms with van der Waals surface area (Å²) in [7, 11) is 0. The maximum absolute atomic E-state index is 11.6. The summed E-state index contributed by atoms with van der Waals surface area (Å²) < 4.78 is 0. The number of aliphatic hydroxyl groups excluding tert-OH is 1. The van der Waals surface area contributed by atoms with Gasteiger partial charge in [0.05, 0.1) is 12.6 Å². The first kappa shape index (κ1) is 10.9. The van der Waals surface area contributed by atoms with Crippen molar-refractivity contribution < 1.29 is 9.90 Å². The Balaban J connectivity index is 1.63. The van der Waals surface area contributed by atoms with Crippen LogP contribution in [0.25, 0.3) is 0 Å². The Morgan fingerprint density at radius 2 is 1.93 bits per heavy atom. The highest BCUT2D eigenvalue weighted by Gasteiger charge is 2.26. The maximum Gasteiger partial charge on any atom is 0.234 e. The monoisotopic (exact) mass is 212 g/mol. The van der Waals surface area contributed by atoms with Crippen molar-refractivity contribution in [2.24, 2.45) is 0 Å². The number of carbonyl (C=O) groups is 1. The van der Waals surface area contributed by atoms with Crippen LogP contribution >= 0.6 is 0 Å². The molecule has 1 amide bonds. The van der Waals surface area contributed by atoms with Gasteiger partial charge in [0.2, 0.25) is 5.91 Å². The lowest BCUT2D eigenvalue weighted by atomic mass is 9.95. The highest BCUT2D eigenvalue weighted by molar-refractivity contribution is 5.78. The highest BCUT2D eigenvalue weighted by atomic mass is 16.3. The van der Waals surface area contributed by atoms with Crippen molar-refractivity contribution in [2.45, 2.75) is 44.2 Å². The molecule has 1 heterocycles. The van der Waals surface area contributed by atoms with E-state index in [1.807, 2.05) is 4.90 Å². The van der Waals surface area contributed by atoms with Crippen molar-refractivity contribution in [1.29, 1.82) is 0 Å². The molecule has 15 heavy (non-hydrogen) atoms. The Hall–Kier alpha value is -0.610. The van der Waals surface area contributed by atoms with Crippen LogP contribution in [0.15, 0.2) is 0 Å². The van der Waals surface area contributed by atoms with Gasteiger partial charge in [0.1, 0.15) is 0 Å². The Labute approximate surface area is 90.6 Å². The predicted molar refractivity (Wildman–Crippen MR) is 57.5 cm³/mol. The second-order valence-corrected chi connectivity index (χ2v) is 4.75. The summed E-state index contributed by atoms with van der Waals surface area (Å²) in [5.41, 5.74) is 0. The van der Waals surface area contributed by atoms with E-state index in [0.717, 1.165) is 12.8 Å². The lowest BCUT2D eigenvalue weighted by Crippen LogP contribution is -2.54. The van der Waals surface area contributed by atoms with Crippen LogP contribution in [0.4, 0.5) is 0 Å². The van der Waals surface area contributed by atoms with E-state index in [4.69, 9.17) is 5.11 Å². The van der Waals surface area contributed by atoms with Crippen molar-refractivity contribution in [1.82, 2.24) is 10.2 Å². The minimum atomic E-state index is -0.215. The topological polar surface area (TPSA) is 52.6 Å². The van der Waals surface area contributed by atoms with Crippen LogP contribution in [-0.4, -0.2) is 47.7 Å². The first-order valence-corrected chi connectivity index (χ1v) is 5.94. The van der Waals surface area contributed by atoms with Crippen molar-refractivity contribution in [2.75, 3.05) is 19.6 Å². The Kier molecular flexibility index (Phi) is 3.59. The molecule has 86 valence electrons. The van der Waals surface area contributed by atoms with Crippen molar-refractivity contribution >= 4 is 5.91 Å². The molecule has 0 unspecified atom stereocenters. The largest absolute Gasteiger partial charge is 0.390 e. The fraction of sp³-hybridized carbons (Fsp3) is 0.909. The zero-order valence-corrected chi connectivity index (χ0v) is 9.11. The van der Waals surface area contributed by atoms with E-state index < -0.39 is 0 Å². The van der Waals surface area contributed by atoms with Crippen molar-refractivity contribution in [3.63, 3.8) is 0 Å². The third kappa shape index (κ3) is 3.18. The molecule has 0 aromatic heterocycles. The fourth-order valence-corrected chi connectivity index (χ4v) is 2.40. The van der Waals surface area contributed by atoms with E-state index in [-0.39, 0.29) is 12.0 Å². The van der Waals surface area contributed by atoms with Crippen LogP contribution in [0.5, 0.6) is 0 Å². The molecular formula is C11H20N2O2. The van der Waals surface area contributed by atoms with E-state index >= 15 is 0 Å². The minimum Gasteiger partial charge on any atom is -0.390 e.